The van der Waals surface area contributed by atoms with Gasteiger partial charge in [-0.15, -0.1) is 11.3 Å². The van der Waals surface area contributed by atoms with Gasteiger partial charge < -0.3 is 4.79 Å². The molecule has 70 valence electrons. The quantitative estimate of drug-likeness (QED) is 0.694. The molecule has 1 heterocycles. The van der Waals surface area contributed by atoms with Gasteiger partial charge in [-0.2, -0.15) is 0 Å². The zero-order valence-corrected chi connectivity index (χ0v) is 8.35. The number of carbonyl (C=O) groups excluding carboxylic acids is 1. The Morgan fingerprint density at radius 3 is 3.00 bits per heavy atom. The molecule has 2 rings (SSSR count). The largest absolute Gasteiger partial charge is 0.303 e. The van der Waals surface area contributed by atoms with Gasteiger partial charge in [0.2, 0.25) is 0 Å². The SMILES string of the molecule is O=CCc1csc(C2CCCC2)n1. The molecule has 0 saturated heterocycles. The fraction of sp³-hybridized carbons (Fsp3) is 0.600. The number of hydrogen-bond donors (Lipinski definition) is 0. The summed E-state index contributed by atoms with van der Waals surface area (Å²) in [6.45, 7) is 0. The van der Waals surface area contributed by atoms with E-state index in [-0.39, 0.29) is 0 Å². The third-order valence-corrected chi connectivity index (χ3v) is 3.62. The molecule has 1 aliphatic rings. The minimum Gasteiger partial charge on any atom is -0.303 e. The van der Waals surface area contributed by atoms with Gasteiger partial charge in [0.1, 0.15) is 6.29 Å². The van der Waals surface area contributed by atoms with E-state index in [1.165, 1.54) is 30.7 Å². The van der Waals surface area contributed by atoms with Crippen molar-refractivity contribution in [2.45, 2.75) is 38.0 Å². The van der Waals surface area contributed by atoms with Crippen molar-refractivity contribution in [1.82, 2.24) is 4.98 Å². The lowest BCUT2D eigenvalue weighted by molar-refractivity contribution is -0.107. The minimum atomic E-state index is 0.475. The third kappa shape index (κ3) is 1.97. The van der Waals surface area contributed by atoms with Crippen LogP contribution in [-0.4, -0.2) is 11.3 Å². The monoisotopic (exact) mass is 195 g/mol. The third-order valence-electron chi connectivity index (χ3n) is 2.57. The first kappa shape index (κ1) is 8.88. The predicted octanol–water partition coefficient (Wildman–Crippen LogP) is 2.54. The van der Waals surface area contributed by atoms with Crippen molar-refractivity contribution in [3.8, 4) is 0 Å². The lowest BCUT2D eigenvalue weighted by Crippen LogP contribution is -1.92. The summed E-state index contributed by atoms with van der Waals surface area (Å²) in [5.74, 6) is 0.686. The lowest BCUT2D eigenvalue weighted by Gasteiger charge is -2.02. The Balaban J connectivity index is 2.07. The molecule has 13 heavy (non-hydrogen) atoms. The van der Waals surface area contributed by atoms with E-state index in [0.717, 1.165) is 12.0 Å². The van der Waals surface area contributed by atoms with Gasteiger partial charge in [-0.3, -0.25) is 0 Å². The molecule has 1 fully saturated rings. The van der Waals surface area contributed by atoms with Gasteiger partial charge in [-0.25, -0.2) is 4.98 Å². The highest BCUT2D eigenvalue weighted by Crippen LogP contribution is 2.35. The summed E-state index contributed by atoms with van der Waals surface area (Å²) >= 11 is 1.72. The van der Waals surface area contributed by atoms with Crippen LogP contribution in [-0.2, 0) is 11.2 Å². The van der Waals surface area contributed by atoms with Crippen molar-refractivity contribution >= 4 is 17.6 Å². The number of nitrogens with zero attached hydrogens (tertiary/aromatic N) is 1. The number of aldehydes is 1. The first-order valence-corrected chi connectivity index (χ1v) is 5.66. The van der Waals surface area contributed by atoms with Crippen molar-refractivity contribution in [3.63, 3.8) is 0 Å². The molecule has 1 aliphatic carbocycles. The molecule has 2 nitrogen and oxygen atoms in total. The molecule has 0 amide bonds. The van der Waals surface area contributed by atoms with Crippen LogP contribution in [0.25, 0.3) is 0 Å². The summed E-state index contributed by atoms with van der Waals surface area (Å²) in [6, 6.07) is 0. The van der Waals surface area contributed by atoms with Crippen LogP contribution in [0.15, 0.2) is 5.38 Å². The molecule has 0 N–H and O–H groups in total. The van der Waals surface area contributed by atoms with Crippen molar-refractivity contribution < 1.29 is 4.79 Å². The first-order chi connectivity index (χ1) is 6.40. The van der Waals surface area contributed by atoms with E-state index in [1.54, 1.807) is 11.3 Å². The van der Waals surface area contributed by atoms with Crippen LogP contribution in [0.2, 0.25) is 0 Å². The Hall–Kier alpha value is -0.700. The normalized spacial score (nSPS) is 17.8. The molecule has 1 aromatic heterocycles. The van der Waals surface area contributed by atoms with Crippen molar-refractivity contribution in [3.05, 3.63) is 16.1 Å². The van der Waals surface area contributed by atoms with Gasteiger partial charge in [0, 0.05) is 17.7 Å². The van der Waals surface area contributed by atoms with Crippen LogP contribution in [0.3, 0.4) is 0 Å². The second-order valence-corrected chi connectivity index (χ2v) is 4.42. The number of rotatable bonds is 3. The molecule has 0 spiro atoms. The molecular weight excluding hydrogens is 182 g/mol. The highest BCUT2D eigenvalue weighted by Gasteiger charge is 2.19. The molecule has 0 atom stereocenters. The van der Waals surface area contributed by atoms with Crippen molar-refractivity contribution in [2.75, 3.05) is 0 Å². The van der Waals surface area contributed by atoms with Gasteiger partial charge in [0.15, 0.2) is 0 Å². The van der Waals surface area contributed by atoms with Gasteiger partial charge >= 0.3 is 0 Å². The predicted molar refractivity (Wildman–Crippen MR) is 53.1 cm³/mol. The van der Waals surface area contributed by atoms with E-state index in [2.05, 4.69) is 4.98 Å². The van der Waals surface area contributed by atoms with E-state index < -0.39 is 0 Å². The van der Waals surface area contributed by atoms with Crippen LogP contribution in [0.5, 0.6) is 0 Å². The maximum atomic E-state index is 10.3. The highest BCUT2D eigenvalue weighted by molar-refractivity contribution is 7.09. The highest BCUT2D eigenvalue weighted by atomic mass is 32.1. The molecule has 0 unspecified atom stereocenters. The number of thiazole rings is 1. The molecule has 0 aliphatic heterocycles. The minimum absolute atomic E-state index is 0.475. The molecule has 1 saturated carbocycles. The van der Waals surface area contributed by atoms with Crippen LogP contribution < -0.4 is 0 Å². The number of hydrogen-bond acceptors (Lipinski definition) is 3. The molecule has 0 aromatic carbocycles. The van der Waals surface area contributed by atoms with Crippen LogP contribution in [0.4, 0.5) is 0 Å². The van der Waals surface area contributed by atoms with Crippen LogP contribution in [0, 0.1) is 0 Å². The Kier molecular flexibility index (Phi) is 2.74. The Morgan fingerprint density at radius 2 is 2.31 bits per heavy atom. The Bertz CT molecular complexity index is 289. The number of carbonyl (C=O) groups is 1. The van der Waals surface area contributed by atoms with Crippen LogP contribution >= 0.6 is 11.3 Å². The van der Waals surface area contributed by atoms with Crippen molar-refractivity contribution in [1.29, 1.82) is 0 Å². The van der Waals surface area contributed by atoms with Gasteiger partial charge in [0.25, 0.3) is 0 Å². The Labute approximate surface area is 82.0 Å². The smallest absolute Gasteiger partial charge is 0.125 e. The molecule has 3 heteroatoms. The van der Waals surface area contributed by atoms with Gasteiger partial charge in [-0.05, 0) is 12.8 Å². The van der Waals surface area contributed by atoms with E-state index in [4.69, 9.17) is 0 Å². The molecule has 1 aromatic rings. The van der Waals surface area contributed by atoms with Crippen LogP contribution in [0.1, 0.15) is 42.3 Å². The van der Waals surface area contributed by atoms with E-state index in [1.807, 2.05) is 5.38 Å². The van der Waals surface area contributed by atoms with Gasteiger partial charge in [0.05, 0.1) is 10.7 Å². The Morgan fingerprint density at radius 1 is 1.54 bits per heavy atom. The second-order valence-electron chi connectivity index (χ2n) is 3.53. The van der Waals surface area contributed by atoms with E-state index >= 15 is 0 Å². The standard InChI is InChI=1S/C10H13NOS/c12-6-5-9-7-13-10(11-9)8-3-1-2-4-8/h6-8H,1-5H2. The summed E-state index contributed by atoms with van der Waals surface area (Å²) in [4.78, 5) is 14.7. The summed E-state index contributed by atoms with van der Waals surface area (Å²) in [5.41, 5.74) is 0.946. The summed E-state index contributed by atoms with van der Waals surface area (Å²) < 4.78 is 0. The zero-order valence-electron chi connectivity index (χ0n) is 7.53. The maximum absolute atomic E-state index is 10.3. The maximum Gasteiger partial charge on any atom is 0.125 e. The number of aromatic nitrogens is 1. The average molecular weight is 195 g/mol. The fourth-order valence-electron chi connectivity index (χ4n) is 1.86. The first-order valence-electron chi connectivity index (χ1n) is 4.78. The summed E-state index contributed by atoms with van der Waals surface area (Å²) in [7, 11) is 0. The van der Waals surface area contributed by atoms with Crippen molar-refractivity contribution in [2.24, 2.45) is 0 Å². The second kappa shape index (κ2) is 4.01. The topological polar surface area (TPSA) is 30.0 Å². The average Bonchev–Trinajstić information content (AvgIpc) is 2.70. The summed E-state index contributed by atoms with van der Waals surface area (Å²) in [6.07, 6.45) is 6.65. The van der Waals surface area contributed by atoms with E-state index in [0.29, 0.717) is 12.3 Å². The molecule has 0 bridgehead atoms. The van der Waals surface area contributed by atoms with Gasteiger partial charge in [-0.1, -0.05) is 12.8 Å². The molecule has 0 radical (unpaired) electrons. The van der Waals surface area contributed by atoms with E-state index in [9.17, 15) is 4.79 Å². The summed E-state index contributed by atoms with van der Waals surface area (Å²) in [5, 5.41) is 3.26. The zero-order chi connectivity index (χ0) is 9.10. The fourth-order valence-corrected chi connectivity index (χ4v) is 2.87. The molecular formula is C10H13NOS. The lowest BCUT2D eigenvalue weighted by atomic mass is 10.1.